The summed E-state index contributed by atoms with van der Waals surface area (Å²) in [5, 5.41) is 9.79. The lowest BCUT2D eigenvalue weighted by atomic mass is 9.89. The van der Waals surface area contributed by atoms with Crippen LogP contribution >= 0.6 is 0 Å². The minimum Gasteiger partial charge on any atom is -0.477 e. The lowest BCUT2D eigenvalue weighted by molar-refractivity contribution is -0.134. The van der Waals surface area contributed by atoms with Gasteiger partial charge in [-0.3, -0.25) is 34.4 Å². The predicted molar refractivity (Wildman–Crippen MR) is 221 cm³/mol. The summed E-state index contributed by atoms with van der Waals surface area (Å²) in [5.41, 5.74) is 3.92. The molecule has 14 nitrogen and oxygen atoms in total. The molecule has 2 fully saturated rings. The number of imide groups is 1. The summed E-state index contributed by atoms with van der Waals surface area (Å²) in [6.45, 7) is 5.68. The Balaban J connectivity index is 0.944. The van der Waals surface area contributed by atoms with E-state index in [1.165, 1.54) is 17.0 Å². The number of guanidine groups is 1. The first-order valence-corrected chi connectivity index (χ1v) is 20.6. The molecule has 4 aromatic rings. The Kier molecular flexibility index (Phi) is 11.7. The van der Waals surface area contributed by atoms with Gasteiger partial charge in [0.05, 0.1) is 47.4 Å². The maximum atomic E-state index is 15.9. The van der Waals surface area contributed by atoms with Crippen molar-refractivity contribution in [2.24, 2.45) is 18.0 Å². The van der Waals surface area contributed by atoms with Gasteiger partial charge in [0.15, 0.2) is 0 Å². The fourth-order valence-corrected chi connectivity index (χ4v) is 8.76. The number of ether oxygens (including phenoxy) is 1. The zero-order chi connectivity index (χ0) is 43.1. The lowest BCUT2D eigenvalue weighted by Crippen LogP contribution is -2.53. The normalized spacial score (nSPS) is 23.0. The van der Waals surface area contributed by atoms with Crippen LogP contribution in [0.5, 0.6) is 5.88 Å². The molecule has 8 rings (SSSR count). The number of fused-ring (bicyclic) bond motifs is 7. The molecule has 320 valence electrons. The zero-order valence-corrected chi connectivity index (χ0v) is 34.5. The Morgan fingerprint density at radius 1 is 1.02 bits per heavy atom. The summed E-state index contributed by atoms with van der Waals surface area (Å²) < 4.78 is 54.0. The number of alkyl halides is 1. The number of carbonyl (C=O) groups is 4. The summed E-state index contributed by atoms with van der Waals surface area (Å²) in [4.78, 5) is 66.0. The van der Waals surface area contributed by atoms with Gasteiger partial charge in [-0.25, -0.2) is 17.9 Å². The first-order valence-electron chi connectivity index (χ1n) is 20.6. The third-order valence-corrected chi connectivity index (χ3v) is 12.0. The number of amides is 4. The molecule has 0 spiro atoms. The van der Waals surface area contributed by atoms with Crippen molar-refractivity contribution >= 4 is 41.0 Å². The van der Waals surface area contributed by atoms with Crippen LogP contribution < -0.4 is 20.3 Å². The topological polar surface area (TPSA) is 154 Å². The average Bonchev–Trinajstić information content (AvgIpc) is 3.76. The summed E-state index contributed by atoms with van der Waals surface area (Å²) in [5.74, 6) is -3.78. The van der Waals surface area contributed by atoms with Gasteiger partial charge >= 0.3 is 0 Å². The smallest absolute Gasteiger partial charge is 0.280 e. The number of anilines is 2. The largest absolute Gasteiger partial charge is 0.477 e. The SMILES string of the molecule is Cc1cc2cc(n1)-c1cnn(C)c1OCCC[C@@H](C)CN1/C(=N/C2=O)Nc2ccc(C(=O)N(C)[C@H]3CCN(CCc4cc(F)c([C@H]5CCC(=O)NC5=O)c(F)c4)C[C@H]3F)cc21. The molecule has 0 saturated carbocycles. The molecule has 4 atom stereocenters. The molecule has 2 bridgehead atoms. The number of aliphatic imine (C=N–C) groups is 1. The molecule has 2 saturated heterocycles. The molecule has 0 aliphatic carbocycles. The van der Waals surface area contributed by atoms with Gasteiger partial charge in [0.25, 0.3) is 11.8 Å². The van der Waals surface area contributed by atoms with Crippen molar-refractivity contribution in [3.63, 3.8) is 0 Å². The first kappa shape index (κ1) is 41.6. The van der Waals surface area contributed by atoms with Gasteiger partial charge in [-0.05, 0) is 93.0 Å². The number of benzene rings is 2. The molecule has 0 radical (unpaired) electrons. The molecule has 2 aromatic carbocycles. The molecule has 2 N–H and O–H groups in total. The molecular weight excluding hydrogens is 792 g/mol. The van der Waals surface area contributed by atoms with Crippen LogP contribution in [0.25, 0.3) is 11.3 Å². The molecule has 2 aromatic heterocycles. The van der Waals surface area contributed by atoms with Gasteiger partial charge in [0.1, 0.15) is 17.8 Å². The lowest BCUT2D eigenvalue weighted by Gasteiger charge is -2.39. The highest BCUT2D eigenvalue weighted by atomic mass is 19.1. The first-order chi connectivity index (χ1) is 29.2. The second-order valence-electron chi connectivity index (χ2n) is 16.5. The fraction of sp³-hybridized carbons (Fsp3) is 0.432. The molecule has 0 unspecified atom stereocenters. The number of hydrogen-bond acceptors (Lipinski definition) is 10. The van der Waals surface area contributed by atoms with E-state index in [-0.39, 0.29) is 43.2 Å². The molecule has 6 heterocycles. The number of pyridine rings is 1. The quantitative estimate of drug-likeness (QED) is 0.236. The molecule has 17 heteroatoms. The van der Waals surface area contributed by atoms with Gasteiger partial charge in [0.2, 0.25) is 23.7 Å². The van der Waals surface area contributed by atoms with Gasteiger partial charge in [-0.2, -0.15) is 10.1 Å². The van der Waals surface area contributed by atoms with Crippen LogP contribution in [0.4, 0.5) is 24.5 Å². The maximum Gasteiger partial charge on any atom is 0.280 e. The van der Waals surface area contributed by atoms with Crippen molar-refractivity contribution < 1.29 is 37.1 Å². The van der Waals surface area contributed by atoms with Gasteiger partial charge in [0, 0.05) is 69.1 Å². The Morgan fingerprint density at radius 2 is 1.80 bits per heavy atom. The van der Waals surface area contributed by atoms with Gasteiger partial charge in [-0.1, -0.05) is 6.92 Å². The van der Waals surface area contributed by atoms with E-state index in [9.17, 15) is 19.2 Å². The summed E-state index contributed by atoms with van der Waals surface area (Å²) in [6.07, 6.45) is 2.46. The van der Waals surface area contributed by atoms with Crippen LogP contribution in [0.3, 0.4) is 0 Å². The van der Waals surface area contributed by atoms with Gasteiger partial charge < -0.3 is 19.9 Å². The highest BCUT2D eigenvalue weighted by Gasteiger charge is 2.36. The number of carbonyl (C=O) groups excluding carboxylic acids is 4. The standard InChI is InChI=1S/C44H48F3N9O5/c1-24-6-5-15-61-43-30(21-48-54(43)4)35-19-28(16-25(2)49-35)40(58)52-44-50-34-9-7-27(20-37(34)56(44)22-24)42(60)53(3)36-12-14-55(23-33(36)47)13-11-26-17-31(45)39(32(46)18-26)29-8-10-38(57)51-41(29)59/h7,9,16-21,24,29,33,36H,5-6,8,10-15,22-23H2,1-4H3,(H,50,52,58)(H,51,57,59)/t24-,29-,33-,36+/m1/s1. The number of aromatic nitrogens is 3. The Labute approximate surface area is 351 Å². The van der Waals surface area contributed by atoms with E-state index in [1.54, 1.807) is 55.3 Å². The number of nitrogens with zero attached hydrogens (tertiary/aromatic N) is 7. The van der Waals surface area contributed by atoms with Crippen molar-refractivity contribution in [2.45, 2.75) is 70.5 Å². The number of halogens is 3. The summed E-state index contributed by atoms with van der Waals surface area (Å²) >= 11 is 0. The van der Waals surface area contributed by atoms with Crippen LogP contribution in [-0.2, 0) is 23.1 Å². The minimum absolute atomic E-state index is 0.000967. The second-order valence-corrected chi connectivity index (χ2v) is 16.5. The van der Waals surface area contributed by atoms with E-state index in [2.05, 4.69) is 32.6 Å². The monoisotopic (exact) mass is 839 g/mol. The Morgan fingerprint density at radius 3 is 2.56 bits per heavy atom. The zero-order valence-electron chi connectivity index (χ0n) is 34.5. The number of nitrogens with one attached hydrogen (secondary N) is 2. The van der Waals surface area contributed by atoms with E-state index in [0.29, 0.717) is 89.5 Å². The number of hydrogen-bond donors (Lipinski definition) is 2. The Hall–Kier alpha value is -6.10. The maximum absolute atomic E-state index is 15.9. The van der Waals surface area contributed by atoms with E-state index in [4.69, 9.17) is 4.74 Å². The van der Waals surface area contributed by atoms with Crippen molar-refractivity contribution in [1.29, 1.82) is 0 Å². The molecule has 4 aliphatic rings. The van der Waals surface area contributed by atoms with Crippen molar-refractivity contribution in [2.75, 3.05) is 50.1 Å². The fourth-order valence-electron chi connectivity index (χ4n) is 8.76. The van der Waals surface area contributed by atoms with Crippen molar-refractivity contribution in [3.8, 4) is 17.1 Å². The number of rotatable bonds is 6. The van der Waals surface area contributed by atoms with E-state index in [1.807, 2.05) is 16.7 Å². The van der Waals surface area contributed by atoms with Gasteiger partial charge in [-0.15, -0.1) is 0 Å². The van der Waals surface area contributed by atoms with E-state index in [0.717, 1.165) is 12.8 Å². The summed E-state index contributed by atoms with van der Waals surface area (Å²) in [7, 11) is 3.39. The highest BCUT2D eigenvalue weighted by Crippen LogP contribution is 2.37. The molecule has 4 aliphatic heterocycles. The highest BCUT2D eigenvalue weighted by molar-refractivity contribution is 6.19. The third kappa shape index (κ3) is 8.60. The van der Waals surface area contributed by atoms with E-state index >= 15 is 13.2 Å². The van der Waals surface area contributed by atoms with Crippen LogP contribution in [0.1, 0.15) is 82.5 Å². The van der Waals surface area contributed by atoms with Crippen molar-refractivity contribution in [1.82, 2.24) is 29.9 Å². The second kappa shape index (κ2) is 17.1. The van der Waals surface area contributed by atoms with Crippen LogP contribution in [0, 0.1) is 24.5 Å². The molecule has 61 heavy (non-hydrogen) atoms. The average molecular weight is 840 g/mol. The summed E-state index contributed by atoms with van der Waals surface area (Å²) in [6, 6.07) is 10.2. The number of aryl methyl sites for hydroxylation is 2. The van der Waals surface area contributed by atoms with E-state index < -0.39 is 47.5 Å². The predicted octanol–water partition coefficient (Wildman–Crippen LogP) is 5.55. The number of piperidine rings is 2. The third-order valence-electron chi connectivity index (χ3n) is 12.0. The van der Waals surface area contributed by atoms with Crippen LogP contribution in [0.15, 0.2) is 53.7 Å². The Bertz CT molecular complexity index is 2420. The molecular formula is C44H48F3N9O5. The number of likely N-dealkylation sites (tertiary alicyclic amines) is 1. The molecule has 4 amide bonds. The van der Waals surface area contributed by atoms with Crippen LogP contribution in [-0.4, -0.2) is 106 Å². The minimum atomic E-state index is -1.38. The van der Waals surface area contributed by atoms with Crippen LogP contribution in [0.2, 0.25) is 0 Å². The van der Waals surface area contributed by atoms with Crippen molar-refractivity contribution in [3.05, 3.63) is 88.2 Å².